The van der Waals surface area contributed by atoms with Crippen molar-refractivity contribution in [3.63, 3.8) is 0 Å². The van der Waals surface area contributed by atoms with E-state index in [1.807, 2.05) is 18.2 Å². The van der Waals surface area contributed by atoms with Gasteiger partial charge in [0, 0.05) is 5.39 Å². The molecular formula is C11H9N5OS. The lowest BCUT2D eigenvalue weighted by molar-refractivity contribution is -0.116. The van der Waals surface area contributed by atoms with Gasteiger partial charge in [-0.2, -0.15) is 5.01 Å². The lowest BCUT2D eigenvalue weighted by atomic mass is 10.2. The Hall–Kier alpha value is -2.15. The van der Waals surface area contributed by atoms with Crippen LogP contribution in [0.1, 0.15) is 0 Å². The molecule has 1 aliphatic rings. The predicted octanol–water partition coefficient (Wildman–Crippen LogP) is 0.662. The van der Waals surface area contributed by atoms with Gasteiger partial charge in [-0.1, -0.05) is 23.9 Å². The van der Waals surface area contributed by atoms with E-state index >= 15 is 0 Å². The topological polar surface area (TPSA) is 85.8 Å². The Kier molecular flexibility index (Phi) is 2.41. The summed E-state index contributed by atoms with van der Waals surface area (Å²) in [4.78, 5) is 15.9. The van der Waals surface area contributed by atoms with E-state index in [0.717, 1.165) is 11.8 Å². The van der Waals surface area contributed by atoms with Gasteiger partial charge in [-0.25, -0.2) is 9.66 Å². The fourth-order valence-electron chi connectivity index (χ4n) is 1.82. The second-order valence-corrected chi connectivity index (χ2v) is 4.72. The number of nitrogens with one attached hydrogen (secondary N) is 2. The minimum Gasteiger partial charge on any atom is -0.282 e. The molecule has 1 aromatic heterocycles. The van der Waals surface area contributed by atoms with Gasteiger partial charge in [-0.05, 0) is 12.1 Å². The second-order valence-electron chi connectivity index (χ2n) is 3.75. The molecule has 1 fully saturated rings. The maximum atomic E-state index is 11.7. The zero-order valence-electron chi connectivity index (χ0n) is 9.25. The van der Waals surface area contributed by atoms with Crippen LogP contribution in [0.2, 0.25) is 0 Å². The number of hydrogen-bond donors (Lipinski definition) is 2. The van der Waals surface area contributed by atoms with Crippen molar-refractivity contribution in [1.82, 2.24) is 9.66 Å². The maximum Gasteiger partial charge on any atom is 0.258 e. The van der Waals surface area contributed by atoms with Crippen molar-refractivity contribution in [3.05, 3.63) is 36.1 Å². The molecule has 2 aromatic rings. The number of carbonyl (C=O) groups is 1. The van der Waals surface area contributed by atoms with E-state index in [2.05, 4.69) is 4.98 Å². The van der Waals surface area contributed by atoms with Crippen LogP contribution < -0.4 is 10.5 Å². The first-order valence-electron chi connectivity index (χ1n) is 5.24. The van der Waals surface area contributed by atoms with E-state index in [1.54, 1.807) is 6.07 Å². The summed E-state index contributed by atoms with van der Waals surface area (Å²) in [6.07, 6.45) is 1.41. The van der Waals surface area contributed by atoms with Crippen molar-refractivity contribution in [1.29, 1.82) is 10.8 Å². The quantitative estimate of drug-likeness (QED) is 0.789. The molecule has 0 aliphatic carbocycles. The van der Waals surface area contributed by atoms with Gasteiger partial charge >= 0.3 is 0 Å². The molecule has 0 saturated carbocycles. The summed E-state index contributed by atoms with van der Waals surface area (Å²) in [5.41, 5.74) is 0.853. The van der Waals surface area contributed by atoms with Gasteiger partial charge in [0.25, 0.3) is 5.91 Å². The molecule has 0 radical (unpaired) electrons. The number of aromatic nitrogens is 2. The molecule has 1 amide bonds. The van der Waals surface area contributed by atoms with Crippen molar-refractivity contribution in [2.24, 2.45) is 0 Å². The Balaban J connectivity index is 2.25. The molecule has 2 heterocycles. The van der Waals surface area contributed by atoms with E-state index in [-0.39, 0.29) is 22.3 Å². The molecule has 0 bridgehead atoms. The number of nitrogens with zero attached hydrogens (tertiary/aromatic N) is 3. The number of hydrogen-bond acceptors (Lipinski definition) is 5. The first-order chi connectivity index (χ1) is 8.68. The van der Waals surface area contributed by atoms with Gasteiger partial charge < -0.3 is 0 Å². The summed E-state index contributed by atoms with van der Waals surface area (Å²) >= 11 is 1.15. The predicted molar refractivity (Wildman–Crippen MR) is 69.0 cm³/mol. The molecule has 90 valence electrons. The molecule has 0 spiro atoms. The molecule has 0 atom stereocenters. The highest BCUT2D eigenvalue weighted by Gasteiger charge is 2.29. The molecular weight excluding hydrogens is 250 g/mol. The molecule has 1 saturated heterocycles. The number of benzene rings is 1. The molecule has 3 rings (SSSR count). The van der Waals surface area contributed by atoms with E-state index in [0.29, 0.717) is 10.9 Å². The average molecular weight is 259 g/mol. The first-order valence-corrected chi connectivity index (χ1v) is 6.22. The highest BCUT2D eigenvalue weighted by atomic mass is 32.2. The van der Waals surface area contributed by atoms with E-state index in [4.69, 9.17) is 10.8 Å². The Morgan fingerprint density at radius 2 is 2.06 bits per heavy atom. The van der Waals surface area contributed by atoms with E-state index in [9.17, 15) is 4.79 Å². The van der Waals surface area contributed by atoms with Gasteiger partial charge in [0.05, 0.1) is 11.3 Å². The van der Waals surface area contributed by atoms with Crippen molar-refractivity contribution < 1.29 is 4.79 Å². The normalized spacial score (nSPS) is 15.7. The number of thioether (sulfide) groups is 1. The summed E-state index contributed by atoms with van der Waals surface area (Å²) in [7, 11) is 0. The van der Waals surface area contributed by atoms with Crippen molar-refractivity contribution in [3.8, 4) is 0 Å². The summed E-state index contributed by atoms with van der Waals surface area (Å²) in [5.74, 6) is 0.0264. The molecule has 7 heteroatoms. The highest BCUT2D eigenvalue weighted by molar-refractivity contribution is 8.15. The lowest BCUT2D eigenvalue weighted by Gasteiger charge is -2.18. The number of amides is 1. The number of amidine groups is 1. The lowest BCUT2D eigenvalue weighted by Crippen LogP contribution is -2.45. The summed E-state index contributed by atoms with van der Waals surface area (Å²) in [6, 6.07) is 7.25. The van der Waals surface area contributed by atoms with E-state index in [1.165, 1.54) is 16.0 Å². The first kappa shape index (κ1) is 11.0. The Morgan fingerprint density at radius 3 is 2.78 bits per heavy atom. The highest BCUT2D eigenvalue weighted by Crippen LogP contribution is 2.16. The van der Waals surface area contributed by atoms with Gasteiger partial charge in [-0.3, -0.25) is 15.6 Å². The average Bonchev–Trinajstić information content (AvgIpc) is 2.71. The Bertz CT molecular complexity index is 707. The molecule has 2 N–H and O–H groups in total. The van der Waals surface area contributed by atoms with Crippen molar-refractivity contribution >= 4 is 33.7 Å². The monoisotopic (exact) mass is 259 g/mol. The van der Waals surface area contributed by atoms with Crippen molar-refractivity contribution in [2.75, 3.05) is 10.8 Å². The Morgan fingerprint density at radius 1 is 1.28 bits per heavy atom. The van der Waals surface area contributed by atoms with Crippen LogP contribution in [-0.4, -0.2) is 26.5 Å². The molecule has 6 nitrogen and oxygen atoms in total. The third-order valence-corrected chi connectivity index (χ3v) is 3.51. The fraction of sp³-hybridized carbons (Fsp3) is 0.0909. The van der Waals surface area contributed by atoms with E-state index < -0.39 is 0 Å². The number of carbonyl (C=O) groups excluding carboxylic acids is 1. The van der Waals surface area contributed by atoms with Crippen LogP contribution in [-0.2, 0) is 4.79 Å². The fourth-order valence-corrected chi connectivity index (χ4v) is 2.51. The third-order valence-electron chi connectivity index (χ3n) is 2.67. The SMILES string of the molecule is N=C1SCC(=O)N1n1cnc2ccccc2c1=N. The van der Waals surface area contributed by atoms with Gasteiger partial charge in [0.1, 0.15) is 6.33 Å². The van der Waals surface area contributed by atoms with Crippen LogP contribution >= 0.6 is 11.8 Å². The minimum atomic E-state index is -0.208. The molecule has 1 aliphatic heterocycles. The van der Waals surface area contributed by atoms with Crippen molar-refractivity contribution in [2.45, 2.75) is 0 Å². The Labute approximate surface area is 106 Å². The van der Waals surface area contributed by atoms with Crippen LogP contribution in [0.25, 0.3) is 10.9 Å². The van der Waals surface area contributed by atoms with Crippen LogP contribution in [0, 0.1) is 10.8 Å². The zero-order chi connectivity index (χ0) is 12.7. The van der Waals surface area contributed by atoms with Gasteiger partial charge in [0.2, 0.25) is 0 Å². The van der Waals surface area contributed by atoms with Gasteiger partial charge in [0.15, 0.2) is 10.7 Å². The second kappa shape index (κ2) is 3.95. The maximum absolute atomic E-state index is 11.7. The third kappa shape index (κ3) is 1.52. The molecule has 1 aromatic carbocycles. The summed E-state index contributed by atoms with van der Waals surface area (Å²) in [5, 5.41) is 17.8. The van der Waals surface area contributed by atoms with Crippen LogP contribution in [0.15, 0.2) is 30.6 Å². The largest absolute Gasteiger partial charge is 0.282 e. The van der Waals surface area contributed by atoms with Crippen LogP contribution in [0.3, 0.4) is 0 Å². The number of para-hydroxylation sites is 1. The smallest absolute Gasteiger partial charge is 0.258 e. The number of fused-ring (bicyclic) bond motifs is 1. The number of rotatable bonds is 1. The van der Waals surface area contributed by atoms with Crippen LogP contribution in [0.4, 0.5) is 0 Å². The minimum absolute atomic E-state index is 0.121. The van der Waals surface area contributed by atoms with Crippen LogP contribution in [0.5, 0.6) is 0 Å². The summed E-state index contributed by atoms with van der Waals surface area (Å²) in [6.45, 7) is 0. The molecule has 18 heavy (non-hydrogen) atoms. The summed E-state index contributed by atoms with van der Waals surface area (Å²) < 4.78 is 1.31. The van der Waals surface area contributed by atoms with Gasteiger partial charge in [-0.15, -0.1) is 0 Å². The zero-order valence-corrected chi connectivity index (χ0v) is 10.1. The standard InChI is InChI=1S/C11H9N5OS/c12-10-7-3-1-2-4-8(7)14-6-15(10)16-9(17)5-18-11(16)13/h1-4,6,12-13H,5H2. The molecule has 0 unspecified atom stereocenters.